The SMILES string of the molecule is Cl.O=[N+]([O-])c1ccc(S(=O)(=O)N(CC(O)CN(Cc2ccccc2)Cc2ccccc2)c2ccccc2)cc1. The Hall–Kier alpha value is -3.76. The molecule has 39 heavy (non-hydrogen) atoms. The van der Waals surface area contributed by atoms with E-state index in [4.69, 9.17) is 0 Å². The number of aliphatic hydroxyl groups excluding tert-OH is 1. The first-order chi connectivity index (χ1) is 18.3. The molecule has 1 N–H and O–H groups in total. The van der Waals surface area contributed by atoms with Crippen LogP contribution in [0.2, 0.25) is 0 Å². The van der Waals surface area contributed by atoms with Crippen LogP contribution in [0.4, 0.5) is 11.4 Å². The number of nitro groups is 1. The van der Waals surface area contributed by atoms with E-state index in [9.17, 15) is 23.6 Å². The van der Waals surface area contributed by atoms with E-state index < -0.39 is 21.1 Å². The molecule has 4 rings (SSSR count). The number of nitrogens with zero attached hydrogens (tertiary/aromatic N) is 3. The summed E-state index contributed by atoms with van der Waals surface area (Å²) in [6.45, 7) is 1.19. The van der Waals surface area contributed by atoms with Gasteiger partial charge in [-0.25, -0.2) is 8.42 Å². The predicted octanol–water partition coefficient (Wildman–Crippen LogP) is 5.28. The van der Waals surface area contributed by atoms with Crippen molar-refractivity contribution in [3.8, 4) is 0 Å². The molecule has 0 aromatic heterocycles. The fourth-order valence-electron chi connectivity index (χ4n) is 4.22. The van der Waals surface area contributed by atoms with E-state index in [0.717, 1.165) is 27.6 Å². The standard InChI is InChI=1S/C29H29N3O5S.ClH/c33-28(22-30(20-24-10-4-1-5-11-24)21-25-12-6-2-7-13-25)23-31(26-14-8-3-9-15-26)38(36,37)29-18-16-27(17-19-29)32(34)35;/h1-19,28,33H,20-23H2;1H. The van der Waals surface area contributed by atoms with Gasteiger partial charge in [0.25, 0.3) is 15.7 Å². The summed E-state index contributed by atoms with van der Waals surface area (Å²) in [5.74, 6) is 0. The van der Waals surface area contributed by atoms with Crippen LogP contribution in [-0.4, -0.2) is 42.5 Å². The number of halogens is 1. The van der Waals surface area contributed by atoms with Crippen molar-refractivity contribution < 1.29 is 18.4 Å². The lowest BCUT2D eigenvalue weighted by atomic mass is 10.1. The molecule has 0 aliphatic carbocycles. The Kier molecular flexibility index (Phi) is 10.6. The zero-order valence-electron chi connectivity index (χ0n) is 21.1. The molecule has 204 valence electrons. The highest BCUT2D eigenvalue weighted by Crippen LogP contribution is 2.26. The van der Waals surface area contributed by atoms with Crippen molar-refractivity contribution in [3.05, 3.63) is 137 Å². The molecule has 0 saturated heterocycles. The highest BCUT2D eigenvalue weighted by Gasteiger charge is 2.28. The normalized spacial score (nSPS) is 11.9. The highest BCUT2D eigenvalue weighted by molar-refractivity contribution is 7.92. The lowest BCUT2D eigenvalue weighted by Gasteiger charge is -2.30. The molecule has 1 unspecified atom stereocenters. The molecule has 0 bridgehead atoms. The van der Waals surface area contributed by atoms with Crippen LogP contribution >= 0.6 is 12.4 Å². The zero-order valence-corrected chi connectivity index (χ0v) is 22.7. The number of nitro benzene ring substituents is 1. The number of para-hydroxylation sites is 1. The fraction of sp³-hybridized carbons (Fsp3) is 0.172. The first kappa shape index (κ1) is 29.8. The molecule has 0 amide bonds. The van der Waals surface area contributed by atoms with E-state index in [1.807, 2.05) is 60.7 Å². The van der Waals surface area contributed by atoms with Gasteiger partial charge in [0.15, 0.2) is 0 Å². The molecular formula is C29H30ClN3O5S. The topological polar surface area (TPSA) is 104 Å². The molecule has 8 nitrogen and oxygen atoms in total. The van der Waals surface area contributed by atoms with Crippen LogP contribution in [0.25, 0.3) is 0 Å². The van der Waals surface area contributed by atoms with E-state index in [1.54, 1.807) is 30.3 Å². The smallest absolute Gasteiger partial charge is 0.269 e. The minimum absolute atomic E-state index is 0. The predicted molar refractivity (Wildman–Crippen MR) is 154 cm³/mol. The van der Waals surface area contributed by atoms with Crippen LogP contribution < -0.4 is 4.31 Å². The number of sulfonamides is 1. The third kappa shape index (κ3) is 8.11. The van der Waals surface area contributed by atoms with Gasteiger partial charge in [0, 0.05) is 31.8 Å². The van der Waals surface area contributed by atoms with E-state index in [2.05, 4.69) is 4.90 Å². The van der Waals surface area contributed by atoms with Gasteiger partial charge < -0.3 is 5.11 Å². The van der Waals surface area contributed by atoms with Crippen molar-refractivity contribution >= 4 is 33.8 Å². The minimum atomic E-state index is -4.11. The summed E-state index contributed by atoms with van der Waals surface area (Å²) in [6.07, 6.45) is -1.02. The first-order valence-electron chi connectivity index (χ1n) is 12.1. The summed E-state index contributed by atoms with van der Waals surface area (Å²) in [4.78, 5) is 12.4. The van der Waals surface area contributed by atoms with E-state index in [0.29, 0.717) is 18.8 Å². The van der Waals surface area contributed by atoms with Crippen molar-refractivity contribution in [2.24, 2.45) is 0 Å². The Balaban J connectivity index is 0.00000420. The molecule has 10 heteroatoms. The van der Waals surface area contributed by atoms with Crippen LogP contribution in [-0.2, 0) is 23.1 Å². The second kappa shape index (κ2) is 13.9. The largest absolute Gasteiger partial charge is 0.390 e. The number of anilines is 1. The van der Waals surface area contributed by atoms with Gasteiger partial charge in [-0.3, -0.25) is 19.3 Å². The maximum absolute atomic E-state index is 13.6. The van der Waals surface area contributed by atoms with Crippen LogP contribution in [0.3, 0.4) is 0 Å². The van der Waals surface area contributed by atoms with Crippen molar-refractivity contribution in [2.75, 3.05) is 17.4 Å². The number of aliphatic hydroxyl groups is 1. The monoisotopic (exact) mass is 567 g/mol. The highest BCUT2D eigenvalue weighted by atomic mass is 35.5. The van der Waals surface area contributed by atoms with Gasteiger partial charge in [0.05, 0.1) is 28.2 Å². The maximum atomic E-state index is 13.6. The second-order valence-corrected chi connectivity index (χ2v) is 10.8. The van der Waals surface area contributed by atoms with Gasteiger partial charge in [-0.05, 0) is 35.4 Å². The molecule has 0 saturated carbocycles. The minimum Gasteiger partial charge on any atom is -0.390 e. The lowest BCUT2D eigenvalue weighted by molar-refractivity contribution is -0.384. The van der Waals surface area contributed by atoms with Crippen molar-refractivity contribution in [2.45, 2.75) is 24.1 Å². The number of hydrogen-bond donors (Lipinski definition) is 1. The van der Waals surface area contributed by atoms with Crippen molar-refractivity contribution in [3.63, 3.8) is 0 Å². The Morgan fingerprint density at radius 2 is 1.18 bits per heavy atom. The Labute approximate surface area is 234 Å². The molecule has 0 aliphatic heterocycles. The van der Waals surface area contributed by atoms with E-state index >= 15 is 0 Å². The van der Waals surface area contributed by atoms with Crippen LogP contribution in [0.15, 0.2) is 120 Å². The van der Waals surface area contributed by atoms with E-state index in [-0.39, 0.29) is 36.1 Å². The van der Waals surface area contributed by atoms with Gasteiger partial charge in [-0.15, -0.1) is 12.4 Å². The molecule has 4 aromatic rings. The summed E-state index contributed by atoms with van der Waals surface area (Å²) in [7, 11) is -4.11. The Bertz CT molecular complexity index is 1380. The van der Waals surface area contributed by atoms with E-state index in [1.165, 1.54) is 12.1 Å². The number of benzene rings is 4. The average molecular weight is 568 g/mol. The van der Waals surface area contributed by atoms with Gasteiger partial charge in [0.1, 0.15) is 0 Å². The Morgan fingerprint density at radius 3 is 1.64 bits per heavy atom. The van der Waals surface area contributed by atoms with Gasteiger partial charge in [-0.2, -0.15) is 0 Å². The average Bonchev–Trinajstić information content (AvgIpc) is 2.93. The summed E-state index contributed by atoms with van der Waals surface area (Å²) >= 11 is 0. The lowest BCUT2D eigenvalue weighted by Crippen LogP contribution is -2.42. The molecule has 0 aliphatic rings. The van der Waals surface area contributed by atoms with Crippen molar-refractivity contribution in [1.82, 2.24) is 4.90 Å². The first-order valence-corrected chi connectivity index (χ1v) is 13.6. The number of rotatable bonds is 12. The molecule has 0 radical (unpaired) electrons. The van der Waals surface area contributed by atoms with Crippen LogP contribution in [0.5, 0.6) is 0 Å². The van der Waals surface area contributed by atoms with Crippen LogP contribution in [0.1, 0.15) is 11.1 Å². The number of non-ortho nitro benzene ring substituents is 1. The van der Waals surface area contributed by atoms with Gasteiger partial charge >= 0.3 is 0 Å². The summed E-state index contributed by atoms with van der Waals surface area (Å²) in [6, 6.07) is 33.1. The summed E-state index contributed by atoms with van der Waals surface area (Å²) in [5.41, 5.74) is 2.35. The molecular weight excluding hydrogens is 538 g/mol. The quantitative estimate of drug-likeness (QED) is 0.185. The third-order valence-corrected chi connectivity index (χ3v) is 7.83. The third-order valence-electron chi connectivity index (χ3n) is 6.02. The van der Waals surface area contributed by atoms with Crippen molar-refractivity contribution in [1.29, 1.82) is 0 Å². The summed E-state index contributed by atoms with van der Waals surface area (Å²) < 4.78 is 28.5. The molecule has 0 fully saturated rings. The fourth-order valence-corrected chi connectivity index (χ4v) is 5.72. The molecule has 0 heterocycles. The maximum Gasteiger partial charge on any atom is 0.269 e. The molecule has 1 atom stereocenters. The van der Waals surface area contributed by atoms with Gasteiger partial charge in [-0.1, -0.05) is 78.9 Å². The Morgan fingerprint density at radius 1 is 0.718 bits per heavy atom. The number of hydrogen-bond acceptors (Lipinski definition) is 6. The zero-order chi connectivity index (χ0) is 27.0. The van der Waals surface area contributed by atoms with Crippen LogP contribution in [0, 0.1) is 10.1 Å². The molecule has 0 spiro atoms. The second-order valence-electron chi connectivity index (χ2n) is 8.92. The molecule has 4 aromatic carbocycles. The van der Waals surface area contributed by atoms with Gasteiger partial charge in [0.2, 0.25) is 0 Å². The summed E-state index contributed by atoms with van der Waals surface area (Å²) in [5, 5.41) is 22.2.